The Morgan fingerprint density at radius 2 is 1.75 bits per heavy atom. The molecule has 0 radical (unpaired) electrons. The smallest absolute Gasteiger partial charge is 0.303 e. The maximum Gasteiger partial charge on any atom is 0.303 e. The third-order valence-corrected chi connectivity index (χ3v) is 9.87. The number of carboxylic acids is 1. The Morgan fingerprint density at radius 3 is 2.45 bits per heavy atom. The first-order valence-electron chi connectivity index (χ1n) is 15.1. The molecule has 3 aromatic carbocycles. The highest BCUT2D eigenvalue weighted by molar-refractivity contribution is 5.75. The quantitative estimate of drug-likeness (QED) is 0.302. The molecule has 0 amide bonds. The molecule has 3 aromatic rings. The highest BCUT2D eigenvalue weighted by Crippen LogP contribution is 2.64. The third kappa shape index (κ3) is 5.43. The Balaban J connectivity index is 1.16. The highest BCUT2D eigenvalue weighted by Gasteiger charge is 2.54. The van der Waals surface area contributed by atoms with Crippen LogP contribution in [-0.2, 0) is 28.8 Å². The van der Waals surface area contributed by atoms with E-state index in [9.17, 15) is 9.90 Å². The Labute approximate surface area is 238 Å². The van der Waals surface area contributed by atoms with Crippen molar-refractivity contribution in [1.29, 1.82) is 0 Å². The van der Waals surface area contributed by atoms with E-state index in [-0.39, 0.29) is 17.8 Å². The maximum absolute atomic E-state index is 11.5. The van der Waals surface area contributed by atoms with Crippen LogP contribution in [0.15, 0.2) is 48.5 Å². The van der Waals surface area contributed by atoms with Crippen molar-refractivity contribution >= 4 is 5.97 Å². The summed E-state index contributed by atoms with van der Waals surface area (Å²) in [4.78, 5) is 11.5. The highest BCUT2D eigenvalue weighted by atomic mass is 16.5. The second kappa shape index (κ2) is 11.0. The summed E-state index contributed by atoms with van der Waals surface area (Å²) in [6, 6.07) is 17.9. The predicted molar refractivity (Wildman–Crippen MR) is 159 cm³/mol. The molecule has 0 aromatic heterocycles. The number of hydrogen-bond acceptors (Lipinski definition) is 3. The Morgan fingerprint density at radius 1 is 1.00 bits per heavy atom. The van der Waals surface area contributed by atoms with Crippen molar-refractivity contribution in [1.82, 2.24) is 0 Å². The minimum atomic E-state index is -0.675. The monoisotopic (exact) mass is 538 g/mol. The molecule has 1 aliphatic heterocycles. The van der Waals surface area contributed by atoms with Gasteiger partial charge in [-0.1, -0.05) is 36.4 Å². The summed E-state index contributed by atoms with van der Waals surface area (Å²) in [5, 5.41) is 9.47. The van der Waals surface area contributed by atoms with Gasteiger partial charge in [-0.05, 0) is 139 Å². The van der Waals surface area contributed by atoms with Crippen LogP contribution in [0, 0.1) is 32.1 Å². The summed E-state index contributed by atoms with van der Waals surface area (Å²) >= 11 is 0. The van der Waals surface area contributed by atoms with Gasteiger partial charge in [-0.3, -0.25) is 4.79 Å². The number of fused-ring (bicyclic) bond motifs is 1. The molecule has 1 saturated carbocycles. The average molecular weight is 539 g/mol. The van der Waals surface area contributed by atoms with E-state index in [2.05, 4.69) is 69.3 Å². The van der Waals surface area contributed by atoms with Gasteiger partial charge in [0.2, 0.25) is 0 Å². The molecule has 3 aliphatic rings. The van der Waals surface area contributed by atoms with Crippen LogP contribution in [0.3, 0.4) is 0 Å². The molecule has 4 nitrogen and oxygen atoms in total. The van der Waals surface area contributed by atoms with Gasteiger partial charge in [-0.15, -0.1) is 0 Å². The predicted octanol–water partition coefficient (Wildman–Crippen LogP) is 7.76. The van der Waals surface area contributed by atoms with Gasteiger partial charge in [0.05, 0.1) is 13.0 Å². The number of carbonyl (C=O) groups is 1. The van der Waals surface area contributed by atoms with E-state index in [4.69, 9.17) is 9.47 Å². The normalized spacial score (nSPS) is 19.5. The van der Waals surface area contributed by atoms with Gasteiger partial charge < -0.3 is 14.6 Å². The number of aryl methyl sites for hydroxylation is 4. The molecule has 210 valence electrons. The fourth-order valence-electron chi connectivity index (χ4n) is 7.39. The van der Waals surface area contributed by atoms with Gasteiger partial charge in [0.15, 0.2) is 0 Å². The number of carboxylic acid groups (broad SMARTS) is 1. The van der Waals surface area contributed by atoms with Crippen LogP contribution in [0.4, 0.5) is 0 Å². The molecular weight excluding hydrogens is 496 g/mol. The summed E-state index contributed by atoms with van der Waals surface area (Å²) in [7, 11) is 0. The SMILES string of the molecule is Cc1cc(OCC2CCOCC2)cc(C)c1-c1cccc(CCc2ccc3c(c2)CC2(CC2)C3CC(=O)O)c1C. The third-order valence-electron chi connectivity index (χ3n) is 9.87. The molecule has 40 heavy (non-hydrogen) atoms. The lowest BCUT2D eigenvalue weighted by Gasteiger charge is -2.23. The minimum Gasteiger partial charge on any atom is -0.493 e. The summed E-state index contributed by atoms with van der Waals surface area (Å²) in [5.41, 5.74) is 12.1. The van der Waals surface area contributed by atoms with Crippen LogP contribution in [0.5, 0.6) is 5.75 Å². The summed E-state index contributed by atoms with van der Waals surface area (Å²) in [5.74, 6) is 1.07. The van der Waals surface area contributed by atoms with Gasteiger partial charge in [-0.2, -0.15) is 0 Å². The van der Waals surface area contributed by atoms with Crippen molar-refractivity contribution in [2.45, 2.75) is 78.1 Å². The number of benzene rings is 3. The fourth-order valence-corrected chi connectivity index (χ4v) is 7.39. The van der Waals surface area contributed by atoms with Crippen molar-refractivity contribution in [2.24, 2.45) is 11.3 Å². The van der Waals surface area contributed by atoms with Crippen molar-refractivity contribution in [3.63, 3.8) is 0 Å². The van der Waals surface area contributed by atoms with E-state index in [1.165, 1.54) is 62.9 Å². The van der Waals surface area contributed by atoms with E-state index >= 15 is 0 Å². The van der Waals surface area contributed by atoms with Crippen LogP contribution in [0.2, 0.25) is 0 Å². The first-order valence-corrected chi connectivity index (χ1v) is 15.1. The van der Waals surface area contributed by atoms with Crippen LogP contribution >= 0.6 is 0 Å². The van der Waals surface area contributed by atoms with Crippen molar-refractivity contribution in [3.05, 3.63) is 87.5 Å². The second-order valence-corrected chi connectivity index (χ2v) is 12.6. The zero-order valence-electron chi connectivity index (χ0n) is 24.2. The zero-order chi connectivity index (χ0) is 27.9. The fraction of sp³-hybridized carbons (Fsp3) is 0.472. The van der Waals surface area contributed by atoms with Crippen molar-refractivity contribution in [3.8, 4) is 16.9 Å². The lowest BCUT2D eigenvalue weighted by Crippen LogP contribution is -2.21. The number of aliphatic carboxylic acids is 1. The van der Waals surface area contributed by atoms with Crippen LogP contribution in [0.1, 0.15) is 77.0 Å². The molecule has 1 N–H and O–H groups in total. The Kier molecular flexibility index (Phi) is 7.48. The largest absolute Gasteiger partial charge is 0.493 e. The van der Waals surface area contributed by atoms with Gasteiger partial charge in [0.1, 0.15) is 5.75 Å². The maximum atomic E-state index is 11.5. The first kappa shape index (κ1) is 27.1. The molecule has 1 atom stereocenters. The molecular formula is C36H42O4. The topological polar surface area (TPSA) is 55.8 Å². The number of hydrogen-bond donors (Lipinski definition) is 1. The van der Waals surface area contributed by atoms with Gasteiger partial charge in [0, 0.05) is 19.1 Å². The molecule has 0 bridgehead atoms. The van der Waals surface area contributed by atoms with Crippen molar-refractivity contribution < 1.29 is 19.4 Å². The lowest BCUT2D eigenvalue weighted by molar-refractivity contribution is -0.137. The van der Waals surface area contributed by atoms with Crippen LogP contribution in [0.25, 0.3) is 11.1 Å². The van der Waals surface area contributed by atoms with E-state index in [0.717, 1.165) is 57.7 Å². The molecule has 1 heterocycles. The molecule has 6 rings (SSSR count). The molecule has 4 heteroatoms. The van der Waals surface area contributed by atoms with Gasteiger partial charge in [0.25, 0.3) is 0 Å². The summed E-state index contributed by atoms with van der Waals surface area (Å²) in [6.45, 7) is 9.12. The van der Waals surface area contributed by atoms with E-state index < -0.39 is 5.97 Å². The second-order valence-electron chi connectivity index (χ2n) is 12.6. The average Bonchev–Trinajstić information content (AvgIpc) is 3.65. The van der Waals surface area contributed by atoms with Crippen molar-refractivity contribution in [2.75, 3.05) is 19.8 Å². The Bertz CT molecular complexity index is 1390. The molecule has 1 spiro atoms. The van der Waals surface area contributed by atoms with Crippen LogP contribution in [-0.4, -0.2) is 30.9 Å². The standard InChI is InChI=1S/C36H42O4/c1-23-17-30(40-22-27-11-15-39-16-12-27)18-24(2)35(23)31-6-4-5-28(25(31)3)9-7-26-8-10-32-29(19-26)21-36(13-14-36)33(32)20-34(37)38/h4-6,8,10,17-19,27,33H,7,9,11-16,20-22H2,1-3H3,(H,37,38). The van der Waals surface area contributed by atoms with E-state index in [1.54, 1.807) is 0 Å². The van der Waals surface area contributed by atoms with Gasteiger partial charge >= 0.3 is 5.97 Å². The summed E-state index contributed by atoms with van der Waals surface area (Å²) in [6.07, 6.45) is 7.80. The number of rotatable bonds is 9. The van der Waals surface area contributed by atoms with E-state index in [1.807, 2.05) is 0 Å². The molecule has 2 aliphatic carbocycles. The van der Waals surface area contributed by atoms with Crippen LogP contribution < -0.4 is 4.74 Å². The molecule has 1 saturated heterocycles. The Hall–Kier alpha value is -3.11. The summed E-state index contributed by atoms with van der Waals surface area (Å²) < 4.78 is 11.7. The minimum absolute atomic E-state index is 0.193. The molecule has 1 unspecified atom stereocenters. The van der Waals surface area contributed by atoms with E-state index in [0.29, 0.717) is 5.92 Å². The number of ether oxygens (including phenoxy) is 2. The first-order chi connectivity index (χ1) is 19.3. The lowest BCUT2D eigenvalue weighted by atomic mass is 9.86. The van der Waals surface area contributed by atoms with Gasteiger partial charge in [-0.25, -0.2) is 0 Å². The zero-order valence-corrected chi connectivity index (χ0v) is 24.2. The molecule has 2 fully saturated rings.